The molecule has 5 amide bonds. The van der Waals surface area contributed by atoms with E-state index in [1.165, 1.54) is 12.1 Å². The van der Waals surface area contributed by atoms with Gasteiger partial charge in [-0.1, -0.05) is 6.42 Å². The highest BCUT2D eigenvalue weighted by Gasteiger charge is 2.44. The van der Waals surface area contributed by atoms with Crippen LogP contribution in [0.25, 0.3) is 0 Å². The Bertz CT molecular complexity index is 1390. The molecule has 3 fully saturated rings. The molecule has 42 heavy (non-hydrogen) atoms. The highest BCUT2D eigenvalue weighted by molar-refractivity contribution is 6.23. The molecule has 1 atom stereocenters. The average Bonchev–Trinajstić information content (AvgIpc) is 3.53. The molecule has 4 aliphatic rings. The number of aromatic nitrogens is 2. The Morgan fingerprint density at radius 1 is 0.952 bits per heavy atom. The van der Waals surface area contributed by atoms with Crippen LogP contribution < -0.4 is 15.5 Å². The lowest BCUT2D eigenvalue weighted by atomic mass is 10.0. The zero-order chi connectivity index (χ0) is 29.2. The lowest BCUT2D eigenvalue weighted by Gasteiger charge is -2.33. The van der Waals surface area contributed by atoms with Gasteiger partial charge in [-0.2, -0.15) is 5.10 Å². The molecule has 1 aromatic heterocycles. The van der Waals surface area contributed by atoms with Crippen LogP contribution in [0.1, 0.15) is 84.5 Å². The van der Waals surface area contributed by atoms with Gasteiger partial charge in [0.25, 0.3) is 11.8 Å². The van der Waals surface area contributed by atoms with Gasteiger partial charge >= 0.3 is 0 Å². The molecule has 2 N–H and O–H groups in total. The summed E-state index contributed by atoms with van der Waals surface area (Å²) in [5.74, 6) is -1.83. The molecule has 222 valence electrons. The second-order valence-electron chi connectivity index (χ2n) is 11.6. The lowest BCUT2D eigenvalue weighted by molar-refractivity contribution is -0.136. The Morgan fingerprint density at radius 3 is 2.48 bits per heavy atom. The summed E-state index contributed by atoms with van der Waals surface area (Å²) < 4.78 is 2.08. The van der Waals surface area contributed by atoms with Gasteiger partial charge in [0.2, 0.25) is 17.7 Å². The van der Waals surface area contributed by atoms with E-state index in [1.54, 1.807) is 18.2 Å². The number of carbonyl (C=O) groups is 5. The normalized spacial score (nSPS) is 21.0. The molecule has 3 saturated heterocycles. The van der Waals surface area contributed by atoms with Crippen molar-refractivity contribution in [2.75, 3.05) is 42.9 Å². The van der Waals surface area contributed by atoms with Crippen LogP contribution in [0, 0.1) is 0 Å². The molecule has 6 rings (SSSR count). The molecule has 12 heteroatoms. The van der Waals surface area contributed by atoms with Crippen LogP contribution in [0.4, 0.5) is 11.4 Å². The second-order valence-corrected chi connectivity index (χ2v) is 11.6. The van der Waals surface area contributed by atoms with Gasteiger partial charge in [-0.3, -0.25) is 38.9 Å². The molecule has 0 spiro atoms. The first kappa shape index (κ1) is 27.9. The predicted molar refractivity (Wildman–Crippen MR) is 154 cm³/mol. The number of rotatable bonds is 10. The van der Waals surface area contributed by atoms with E-state index in [9.17, 15) is 24.0 Å². The summed E-state index contributed by atoms with van der Waals surface area (Å²) >= 11 is 0. The first-order valence-electron chi connectivity index (χ1n) is 15.1. The van der Waals surface area contributed by atoms with Crippen molar-refractivity contribution in [3.8, 4) is 0 Å². The highest BCUT2D eigenvalue weighted by Crippen LogP contribution is 2.30. The van der Waals surface area contributed by atoms with Crippen molar-refractivity contribution in [2.45, 2.75) is 69.9 Å². The molecule has 4 aliphatic heterocycles. The predicted octanol–water partition coefficient (Wildman–Crippen LogP) is 2.33. The molecule has 5 heterocycles. The summed E-state index contributed by atoms with van der Waals surface area (Å²) in [6, 6.07) is 4.37. The molecule has 1 aromatic carbocycles. The summed E-state index contributed by atoms with van der Waals surface area (Å²) in [5.41, 5.74) is 2.44. The molecule has 1 unspecified atom stereocenters. The Kier molecular flexibility index (Phi) is 7.94. The van der Waals surface area contributed by atoms with E-state index in [4.69, 9.17) is 0 Å². The summed E-state index contributed by atoms with van der Waals surface area (Å²) in [6.45, 7) is 4.42. The van der Waals surface area contributed by atoms with Crippen LogP contribution in [0.15, 0.2) is 30.6 Å². The maximum atomic E-state index is 13.0. The third-order valence-electron chi connectivity index (χ3n) is 8.84. The van der Waals surface area contributed by atoms with E-state index in [2.05, 4.69) is 31.5 Å². The third-order valence-corrected chi connectivity index (χ3v) is 8.84. The molecule has 0 radical (unpaired) electrons. The SMILES string of the molecule is O=C1CCC(N2C(=O)c3ccc(NCCCCCC(=O)N4CCC(n5cc(N6CCC6)cn5)CC4)cc3C2=O)C(=O)N1. The molecule has 0 saturated carbocycles. The number of likely N-dealkylation sites (tertiary alicyclic amines) is 1. The van der Waals surface area contributed by atoms with Gasteiger partial charge in [0.05, 0.1) is 29.1 Å². The number of carbonyl (C=O) groups excluding carboxylic acids is 5. The fourth-order valence-electron chi connectivity index (χ4n) is 6.20. The average molecular weight is 576 g/mol. The number of anilines is 2. The molecule has 12 nitrogen and oxygen atoms in total. The van der Waals surface area contributed by atoms with Crippen LogP contribution >= 0.6 is 0 Å². The maximum Gasteiger partial charge on any atom is 0.262 e. The minimum atomic E-state index is -0.972. The Morgan fingerprint density at radius 2 is 1.74 bits per heavy atom. The number of nitrogens with one attached hydrogen (secondary N) is 2. The monoisotopic (exact) mass is 575 g/mol. The van der Waals surface area contributed by atoms with Crippen molar-refractivity contribution < 1.29 is 24.0 Å². The van der Waals surface area contributed by atoms with Gasteiger partial charge < -0.3 is 15.1 Å². The number of fused-ring (bicyclic) bond motifs is 1. The summed E-state index contributed by atoms with van der Waals surface area (Å²) in [5, 5.41) is 10.1. The fourth-order valence-corrected chi connectivity index (χ4v) is 6.20. The number of hydrogen-bond donors (Lipinski definition) is 2. The Labute approximate surface area is 244 Å². The molecule has 2 aromatic rings. The summed E-state index contributed by atoms with van der Waals surface area (Å²) in [7, 11) is 0. The maximum absolute atomic E-state index is 13.0. The highest BCUT2D eigenvalue weighted by atomic mass is 16.2. The zero-order valence-electron chi connectivity index (χ0n) is 23.7. The third kappa shape index (κ3) is 5.62. The zero-order valence-corrected chi connectivity index (χ0v) is 23.7. The van der Waals surface area contributed by atoms with Crippen LogP contribution in [-0.4, -0.2) is 87.9 Å². The van der Waals surface area contributed by atoms with Crippen molar-refractivity contribution >= 4 is 40.9 Å². The fraction of sp³-hybridized carbons (Fsp3) is 0.533. The van der Waals surface area contributed by atoms with Gasteiger partial charge in [-0.15, -0.1) is 0 Å². The first-order chi connectivity index (χ1) is 20.4. The standard InChI is InChI=1S/C30H37N7O5/c38-26-9-8-25(28(40)33-26)37-29(41)23-7-6-20(17-24(23)30(37)42)31-12-3-1-2-5-27(39)35-15-10-21(11-16-35)36-19-22(18-32-36)34-13-4-14-34/h6-7,17-19,21,25,31H,1-5,8-16H2,(H,33,38,40). The minimum Gasteiger partial charge on any atom is -0.385 e. The van der Waals surface area contributed by atoms with Crippen LogP contribution in [0.5, 0.6) is 0 Å². The Hall–Kier alpha value is -4.22. The quantitative estimate of drug-likeness (QED) is 0.325. The smallest absolute Gasteiger partial charge is 0.262 e. The molecule has 0 aliphatic carbocycles. The molecule has 0 bridgehead atoms. The van der Waals surface area contributed by atoms with Crippen LogP contribution in [0.2, 0.25) is 0 Å². The van der Waals surface area contributed by atoms with Gasteiger partial charge in [0.1, 0.15) is 6.04 Å². The van der Waals surface area contributed by atoms with E-state index in [1.807, 2.05) is 11.1 Å². The first-order valence-corrected chi connectivity index (χ1v) is 15.1. The molecular weight excluding hydrogens is 538 g/mol. The summed E-state index contributed by atoms with van der Waals surface area (Å²) in [6.07, 6.45) is 10.5. The van der Waals surface area contributed by atoms with E-state index >= 15 is 0 Å². The van der Waals surface area contributed by atoms with E-state index < -0.39 is 29.7 Å². The number of piperidine rings is 2. The van der Waals surface area contributed by atoms with Crippen LogP contribution in [-0.2, 0) is 14.4 Å². The number of amides is 5. The largest absolute Gasteiger partial charge is 0.385 e. The van der Waals surface area contributed by atoms with Gasteiger partial charge in [0, 0.05) is 57.4 Å². The second kappa shape index (κ2) is 11.9. The van der Waals surface area contributed by atoms with Crippen molar-refractivity contribution in [3.05, 3.63) is 41.7 Å². The number of nitrogens with zero attached hydrogens (tertiary/aromatic N) is 5. The topological polar surface area (TPSA) is 137 Å². The summed E-state index contributed by atoms with van der Waals surface area (Å²) in [4.78, 5) is 67.6. The van der Waals surface area contributed by atoms with Gasteiger partial charge in [0.15, 0.2) is 0 Å². The van der Waals surface area contributed by atoms with Crippen molar-refractivity contribution in [3.63, 3.8) is 0 Å². The van der Waals surface area contributed by atoms with E-state index in [0.29, 0.717) is 24.7 Å². The Balaban J connectivity index is 0.897. The van der Waals surface area contributed by atoms with Crippen molar-refractivity contribution in [1.29, 1.82) is 0 Å². The van der Waals surface area contributed by atoms with Crippen molar-refractivity contribution in [1.82, 2.24) is 24.9 Å². The van der Waals surface area contributed by atoms with Crippen molar-refractivity contribution in [2.24, 2.45) is 0 Å². The van der Waals surface area contributed by atoms with Gasteiger partial charge in [-0.05, 0) is 56.7 Å². The van der Waals surface area contributed by atoms with E-state index in [-0.39, 0.29) is 29.9 Å². The number of hydrogen-bond acceptors (Lipinski definition) is 8. The number of imide groups is 2. The minimum absolute atomic E-state index is 0.0898. The lowest BCUT2D eigenvalue weighted by Crippen LogP contribution is -2.54. The number of unbranched alkanes of at least 4 members (excludes halogenated alkanes) is 2. The number of benzene rings is 1. The van der Waals surface area contributed by atoms with Gasteiger partial charge in [-0.25, -0.2) is 0 Å². The van der Waals surface area contributed by atoms with E-state index in [0.717, 1.165) is 63.2 Å². The van der Waals surface area contributed by atoms with Crippen LogP contribution in [0.3, 0.4) is 0 Å². The molecular formula is C30H37N7O5.